The summed E-state index contributed by atoms with van der Waals surface area (Å²) in [5.41, 5.74) is 1.06. The van der Waals surface area contributed by atoms with Gasteiger partial charge in [0.15, 0.2) is 0 Å². The Labute approximate surface area is 116 Å². The molecule has 1 heterocycles. The van der Waals surface area contributed by atoms with E-state index < -0.39 is 0 Å². The number of hydrogen-bond donors (Lipinski definition) is 1. The average molecular weight is 259 g/mol. The number of aromatic nitrogens is 1. The molecular weight excluding hydrogens is 234 g/mol. The highest BCUT2D eigenvalue weighted by Crippen LogP contribution is 2.26. The molecule has 1 N–H and O–H groups in total. The zero-order chi connectivity index (χ0) is 13.3. The van der Waals surface area contributed by atoms with E-state index in [1.165, 1.54) is 32.1 Å². The molecule has 1 aliphatic rings. The van der Waals surface area contributed by atoms with Gasteiger partial charge in [-0.1, -0.05) is 50.3 Å². The smallest absolute Gasteiger partial charge is 0.0724 e. The monoisotopic (exact) mass is 259 g/mol. The Morgan fingerprint density at radius 1 is 1.26 bits per heavy atom. The molecule has 2 rings (SSSR count). The quantitative estimate of drug-likeness (QED) is 0.786. The van der Waals surface area contributed by atoms with Gasteiger partial charge < -0.3 is 5.11 Å². The van der Waals surface area contributed by atoms with E-state index in [9.17, 15) is 5.11 Å². The van der Waals surface area contributed by atoms with Crippen LogP contribution in [0.4, 0.5) is 0 Å². The molecule has 0 radical (unpaired) electrons. The topological polar surface area (TPSA) is 33.1 Å². The molecule has 1 fully saturated rings. The van der Waals surface area contributed by atoms with Gasteiger partial charge in [-0.2, -0.15) is 0 Å². The Morgan fingerprint density at radius 2 is 2.11 bits per heavy atom. The van der Waals surface area contributed by atoms with Gasteiger partial charge in [0.1, 0.15) is 0 Å². The number of rotatable bonds is 6. The first-order chi connectivity index (χ1) is 9.34. The Bertz CT molecular complexity index is 368. The van der Waals surface area contributed by atoms with Crippen molar-refractivity contribution in [3.05, 3.63) is 42.2 Å². The Balaban J connectivity index is 1.64. The molecule has 2 nitrogen and oxygen atoms in total. The van der Waals surface area contributed by atoms with Crippen molar-refractivity contribution in [1.29, 1.82) is 0 Å². The zero-order valence-electron chi connectivity index (χ0n) is 11.7. The summed E-state index contributed by atoms with van der Waals surface area (Å²) in [5, 5.41) is 9.93. The maximum atomic E-state index is 9.93. The third-order valence-electron chi connectivity index (χ3n) is 3.97. The van der Waals surface area contributed by atoms with Crippen LogP contribution in [0.2, 0.25) is 0 Å². The minimum atomic E-state index is -0.328. The number of aliphatic hydroxyl groups is 1. The van der Waals surface area contributed by atoms with Gasteiger partial charge in [-0.3, -0.25) is 4.98 Å². The molecule has 104 valence electrons. The maximum absolute atomic E-state index is 9.93. The number of pyridine rings is 1. The second-order valence-corrected chi connectivity index (χ2v) is 5.59. The fourth-order valence-corrected chi connectivity index (χ4v) is 2.79. The lowest BCUT2D eigenvalue weighted by molar-refractivity contribution is 0.212. The SMILES string of the molecule is OC(/C=C/CC1CCCCC1)CCc1ccccn1. The van der Waals surface area contributed by atoms with E-state index in [1.54, 1.807) is 6.20 Å². The summed E-state index contributed by atoms with van der Waals surface area (Å²) in [6.07, 6.45) is 15.3. The molecule has 0 aliphatic heterocycles. The predicted octanol–water partition coefficient (Wildman–Crippen LogP) is 3.90. The minimum absolute atomic E-state index is 0.328. The van der Waals surface area contributed by atoms with Gasteiger partial charge in [0.25, 0.3) is 0 Å². The van der Waals surface area contributed by atoms with Crippen LogP contribution in [0.3, 0.4) is 0 Å². The predicted molar refractivity (Wildman–Crippen MR) is 78.9 cm³/mol. The van der Waals surface area contributed by atoms with Crippen molar-refractivity contribution in [2.75, 3.05) is 0 Å². The molecule has 1 unspecified atom stereocenters. The third kappa shape index (κ3) is 5.56. The molecule has 2 heteroatoms. The number of aliphatic hydroxyl groups excluding tert-OH is 1. The molecule has 0 bridgehead atoms. The van der Waals surface area contributed by atoms with Crippen molar-refractivity contribution in [3.63, 3.8) is 0 Å². The Morgan fingerprint density at radius 3 is 2.84 bits per heavy atom. The van der Waals surface area contributed by atoms with Crippen molar-refractivity contribution < 1.29 is 5.11 Å². The van der Waals surface area contributed by atoms with Crippen LogP contribution in [0.1, 0.15) is 50.6 Å². The Hall–Kier alpha value is -1.15. The highest BCUT2D eigenvalue weighted by atomic mass is 16.3. The van der Waals surface area contributed by atoms with Crippen LogP contribution >= 0.6 is 0 Å². The first-order valence-electron chi connectivity index (χ1n) is 7.59. The van der Waals surface area contributed by atoms with E-state index in [1.807, 2.05) is 24.3 Å². The molecule has 1 aromatic rings. The standard InChI is InChI=1S/C17H25NO/c19-17(13-12-16-10-4-5-14-18-16)11-6-9-15-7-2-1-3-8-15/h4-6,10-11,14-15,17,19H,1-3,7-9,12-13H2/b11-6+. The van der Waals surface area contributed by atoms with Crippen LogP contribution in [0.25, 0.3) is 0 Å². The summed E-state index contributed by atoms with van der Waals surface area (Å²) in [7, 11) is 0. The van der Waals surface area contributed by atoms with E-state index >= 15 is 0 Å². The van der Waals surface area contributed by atoms with Gasteiger partial charge in [0.2, 0.25) is 0 Å². The highest BCUT2D eigenvalue weighted by molar-refractivity contribution is 5.04. The van der Waals surface area contributed by atoms with E-state index in [-0.39, 0.29) is 6.10 Å². The average Bonchev–Trinajstić information content (AvgIpc) is 2.47. The van der Waals surface area contributed by atoms with E-state index in [2.05, 4.69) is 11.1 Å². The summed E-state index contributed by atoms with van der Waals surface area (Å²) >= 11 is 0. The van der Waals surface area contributed by atoms with Crippen molar-refractivity contribution in [3.8, 4) is 0 Å². The van der Waals surface area contributed by atoms with Crippen LogP contribution in [-0.2, 0) is 6.42 Å². The number of hydrogen-bond acceptors (Lipinski definition) is 2. The number of nitrogens with zero attached hydrogens (tertiary/aromatic N) is 1. The lowest BCUT2D eigenvalue weighted by Crippen LogP contribution is -2.07. The first kappa shape index (κ1) is 14.3. The largest absolute Gasteiger partial charge is 0.389 e. The van der Waals surface area contributed by atoms with Crippen LogP contribution < -0.4 is 0 Å². The van der Waals surface area contributed by atoms with Crippen molar-refractivity contribution in [2.45, 2.75) is 57.5 Å². The summed E-state index contributed by atoms with van der Waals surface area (Å²) in [6, 6.07) is 5.93. The molecule has 0 saturated heterocycles. The lowest BCUT2D eigenvalue weighted by atomic mass is 9.87. The molecule has 1 aliphatic carbocycles. The van der Waals surface area contributed by atoms with Gasteiger partial charge in [-0.05, 0) is 37.3 Å². The molecule has 19 heavy (non-hydrogen) atoms. The van der Waals surface area contributed by atoms with Crippen molar-refractivity contribution in [2.24, 2.45) is 5.92 Å². The normalized spacial score (nSPS) is 18.8. The maximum Gasteiger partial charge on any atom is 0.0724 e. The fraction of sp³-hybridized carbons (Fsp3) is 0.588. The number of allylic oxidation sites excluding steroid dienone is 1. The summed E-state index contributed by atoms with van der Waals surface area (Å²) in [4.78, 5) is 4.27. The van der Waals surface area contributed by atoms with E-state index in [4.69, 9.17) is 0 Å². The number of aryl methyl sites for hydroxylation is 1. The van der Waals surface area contributed by atoms with Crippen LogP contribution in [0.5, 0.6) is 0 Å². The second kappa shape index (κ2) is 8.11. The minimum Gasteiger partial charge on any atom is -0.389 e. The van der Waals surface area contributed by atoms with Gasteiger partial charge >= 0.3 is 0 Å². The van der Waals surface area contributed by atoms with Gasteiger partial charge in [0.05, 0.1) is 6.10 Å². The molecule has 1 aromatic heterocycles. The fourth-order valence-electron chi connectivity index (χ4n) is 2.79. The van der Waals surface area contributed by atoms with Gasteiger partial charge in [-0.25, -0.2) is 0 Å². The molecule has 1 atom stereocenters. The van der Waals surface area contributed by atoms with E-state index in [0.717, 1.165) is 30.9 Å². The molecule has 0 aromatic carbocycles. The van der Waals surface area contributed by atoms with Gasteiger partial charge in [0, 0.05) is 11.9 Å². The van der Waals surface area contributed by atoms with Crippen LogP contribution in [-0.4, -0.2) is 16.2 Å². The van der Waals surface area contributed by atoms with Crippen molar-refractivity contribution >= 4 is 0 Å². The summed E-state index contributed by atoms with van der Waals surface area (Å²) in [6.45, 7) is 0. The summed E-state index contributed by atoms with van der Waals surface area (Å²) in [5.74, 6) is 0.855. The summed E-state index contributed by atoms with van der Waals surface area (Å²) < 4.78 is 0. The highest BCUT2D eigenvalue weighted by Gasteiger charge is 2.11. The van der Waals surface area contributed by atoms with Crippen LogP contribution in [0, 0.1) is 5.92 Å². The second-order valence-electron chi connectivity index (χ2n) is 5.59. The molecule has 1 saturated carbocycles. The first-order valence-corrected chi connectivity index (χ1v) is 7.59. The lowest BCUT2D eigenvalue weighted by Gasteiger charge is -2.19. The third-order valence-corrected chi connectivity index (χ3v) is 3.97. The molecular formula is C17H25NO. The van der Waals surface area contributed by atoms with Crippen molar-refractivity contribution in [1.82, 2.24) is 4.98 Å². The van der Waals surface area contributed by atoms with Crippen LogP contribution in [0.15, 0.2) is 36.5 Å². The zero-order valence-corrected chi connectivity index (χ0v) is 11.7. The molecule has 0 spiro atoms. The van der Waals surface area contributed by atoms with Gasteiger partial charge in [-0.15, -0.1) is 0 Å². The Kier molecular flexibility index (Phi) is 6.09. The molecule has 0 amide bonds. The van der Waals surface area contributed by atoms with E-state index in [0.29, 0.717) is 0 Å².